The lowest BCUT2D eigenvalue weighted by atomic mass is 9.77. The van der Waals surface area contributed by atoms with Gasteiger partial charge >= 0.3 is 0 Å². The van der Waals surface area contributed by atoms with Gasteiger partial charge in [0.1, 0.15) is 23.0 Å². The zero-order chi connectivity index (χ0) is 29.4. The van der Waals surface area contributed by atoms with Gasteiger partial charge in [-0.1, -0.05) is 24.7 Å². The summed E-state index contributed by atoms with van der Waals surface area (Å²) in [5.41, 5.74) is 6.96. The number of H-pyrrole nitrogens is 2. The van der Waals surface area contributed by atoms with E-state index < -0.39 is 0 Å². The molecule has 8 heteroatoms. The zero-order valence-corrected chi connectivity index (χ0v) is 25.4. The van der Waals surface area contributed by atoms with E-state index in [0.717, 1.165) is 72.9 Å². The molecule has 1 saturated carbocycles. The van der Waals surface area contributed by atoms with Crippen molar-refractivity contribution >= 4 is 5.91 Å². The molecule has 1 unspecified atom stereocenters. The van der Waals surface area contributed by atoms with Crippen LogP contribution in [-0.2, 0) is 16.6 Å². The molecule has 2 aromatic heterocycles. The van der Waals surface area contributed by atoms with E-state index in [1.165, 1.54) is 49.7 Å². The Kier molecular flexibility index (Phi) is 7.59. The number of hydrogen-bond acceptors (Lipinski definition) is 5. The number of likely N-dealkylation sites (N-methyl/N-ethyl adjacent to an activating group) is 1. The Morgan fingerprint density at radius 3 is 2.26 bits per heavy atom. The van der Waals surface area contributed by atoms with Crippen molar-refractivity contribution in [2.45, 2.75) is 81.7 Å². The molecule has 2 aliphatic heterocycles. The van der Waals surface area contributed by atoms with Gasteiger partial charge < -0.3 is 20.2 Å². The first kappa shape index (κ1) is 28.0. The highest BCUT2D eigenvalue weighted by atomic mass is 16.2. The van der Waals surface area contributed by atoms with Gasteiger partial charge in [0.15, 0.2) is 0 Å². The van der Waals surface area contributed by atoms with Crippen molar-refractivity contribution in [3.05, 3.63) is 69.8 Å². The van der Waals surface area contributed by atoms with Crippen LogP contribution in [-0.4, -0.2) is 69.4 Å². The predicted molar refractivity (Wildman–Crippen MR) is 166 cm³/mol. The number of likely N-dealkylation sites (tertiary alicyclic amines) is 2. The molecule has 2 aliphatic carbocycles. The molecule has 0 bridgehead atoms. The number of fused-ring (bicyclic) bond motifs is 2. The third-order valence-corrected chi connectivity index (χ3v) is 10.2. The van der Waals surface area contributed by atoms with Crippen LogP contribution in [0.2, 0.25) is 0 Å². The van der Waals surface area contributed by atoms with Crippen LogP contribution in [0.3, 0.4) is 0 Å². The Hall–Kier alpha value is -3.85. The molecular weight excluding hydrogens is 534 g/mol. The molecule has 2 atom stereocenters. The molecule has 1 aromatic carbocycles. The summed E-state index contributed by atoms with van der Waals surface area (Å²) in [6.07, 6.45) is 15.2. The summed E-state index contributed by atoms with van der Waals surface area (Å²) in [5.74, 6) is 15.8. The van der Waals surface area contributed by atoms with Crippen LogP contribution >= 0.6 is 0 Å². The summed E-state index contributed by atoms with van der Waals surface area (Å²) in [6.45, 7) is 2.24. The monoisotopic (exact) mass is 575 g/mol. The summed E-state index contributed by atoms with van der Waals surface area (Å²) in [7, 11) is 3.97. The van der Waals surface area contributed by atoms with Crippen molar-refractivity contribution in [1.29, 1.82) is 0 Å². The van der Waals surface area contributed by atoms with Crippen LogP contribution in [0, 0.1) is 23.7 Å². The second-order valence-electron chi connectivity index (χ2n) is 12.8. The van der Waals surface area contributed by atoms with Gasteiger partial charge in [-0.05, 0) is 113 Å². The van der Waals surface area contributed by atoms with E-state index in [2.05, 4.69) is 73.0 Å². The van der Waals surface area contributed by atoms with E-state index in [0.29, 0.717) is 12.6 Å². The number of aromatic nitrogens is 4. The number of rotatable bonds is 4. The first-order valence-corrected chi connectivity index (χ1v) is 16.0. The summed E-state index contributed by atoms with van der Waals surface area (Å²) in [4.78, 5) is 33.1. The van der Waals surface area contributed by atoms with Gasteiger partial charge in [-0.3, -0.25) is 9.69 Å². The lowest BCUT2D eigenvalue weighted by molar-refractivity contribution is -0.131. The van der Waals surface area contributed by atoms with E-state index in [1.54, 1.807) is 7.05 Å². The number of carbonyl (C=O) groups excluding carboxylic acids is 1. The molecule has 43 heavy (non-hydrogen) atoms. The summed E-state index contributed by atoms with van der Waals surface area (Å²) in [5, 5.41) is 2.97. The maximum absolute atomic E-state index is 12.6. The summed E-state index contributed by atoms with van der Waals surface area (Å²) < 4.78 is 0. The third kappa shape index (κ3) is 5.28. The van der Waals surface area contributed by atoms with Crippen LogP contribution in [0.25, 0.3) is 0 Å². The highest BCUT2D eigenvalue weighted by Crippen LogP contribution is 2.52. The Labute approximate surface area is 254 Å². The quantitative estimate of drug-likeness (QED) is 0.403. The van der Waals surface area contributed by atoms with Gasteiger partial charge in [0, 0.05) is 17.7 Å². The van der Waals surface area contributed by atoms with Gasteiger partial charge in [-0.25, -0.2) is 9.97 Å². The highest BCUT2D eigenvalue weighted by Gasteiger charge is 2.43. The fraction of sp³-hybridized carbons (Fsp3) is 0.514. The second kappa shape index (κ2) is 11.7. The fourth-order valence-corrected chi connectivity index (χ4v) is 8.04. The number of benzene rings is 1. The van der Waals surface area contributed by atoms with Crippen molar-refractivity contribution in [2.24, 2.45) is 0 Å². The van der Waals surface area contributed by atoms with Gasteiger partial charge in [-0.2, -0.15) is 0 Å². The van der Waals surface area contributed by atoms with Crippen LogP contribution in [0.15, 0.2) is 24.5 Å². The van der Waals surface area contributed by atoms with E-state index in [1.807, 2.05) is 17.3 Å². The van der Waals surface area contributed by atoms with E-state index in [9.17, 15) is 4.79 Å². The number of carbonyl (C=O) groups is 1. The molecule has 7 rings (SSSR count). The Morgan fingerprint density at radius 2 is 1.56 bits per heavy atom. The van der Waals surface area contributed by atoms with Gasteiger partial charge in [0.25, 0.3) is 0 Å². The molecule has 4 aliphatic rings. The van der Waals surface area contributed by atoms with Crippen molar-refractivity contribution in [1.82, 2.24) is 35.1 Å². The minimum atomic E-state index is -0.00856. The largest absolute Gasteiger partial charge is 0.334 e. The highest BCUT2D eigenvalue weighted by molar-refractivity contribution is 5.79. The average Bonchev–Trinajstić information content (AvgIpc) is 3.85. The first-order chi connectivity index (χ1) is 21.0. The number of aromatic amines is 2. The zero-order valence-electron chi connectivity index (χ0n) is 25.4. The molecule has 222 valence electrons. The molecule has 4 heterocycles. The normalized spacial score (nSPS) is 22.4. The van der Waals surface area contributed by atoms with Crippen molar-refractivity contribution in [3.8, 4) is 23.7 Å². The number of hydrogen-bond donors (Lipinski definition) is 3. The van der Waals surface area contributed by atoms with Crippen molar-refractivity contribution in [2.75, 3.05) is 33.7 Å². The maximum atomic E-state index is 12.6. The van der Waals surface area contributed by atoms with Gasteiger partial charge in [0.2, 0.25) is 5.91 Å². The predicted octanol–water partition coefficient (Wildman–Crippen LogP) is 4.34. The number of amides is 1. The van der Waals surface area contributed by atoms with Gasteiger partial charge in [0.05, 0.1) is 31.0 Å². The summed E-state index contributed by atoms with van der Waals surface area (Å²) in [6, 6.07) is 4.70. The number of imidazole rings is 2. The minimum absolute atomic E-state index is 0.00856. The van der Waals surface area contributed by atoms with Crippen LogP contribution in [0.1, 0.15) is 115 Å². The third-order valence-electron chi connectivity index (χ3n) is 10.2. The van der Waals surface area contributed by atoms with Crippen molar-refractivity contribution < 1.29 is 4.79 Å². The molecule has 1 amide bonds. The topological polar surface area (TPSA) is 92.9 Å². The Bertz CT molecular complexity index is 1640. The molecule has 2 saturated heterocycles. The van der Waals surface area contributed by atoms with Gasteiger partial charge in [-0.15, -0.1) is 0 Å². The number of nitrogens with one attached hydrogen (secondary N) is 3. The average molecular weight is 576 g/mol. The van der Waals surface area contributed by atoms with E-state index >= 15 is 0 Å². The molecule has 3 N–H and O–H groups in total. The van der Waals surface area contributed by atoms with Crippen LogP contribution < -0.4 is 5.32 Å². The van der Waals surface area contributed by atoms with Crippen LogP contribution in [0.4, 0.5) is 0 Å². The molecule has 3 aromatic rings. The van der Waals surface area contributed by atoms with E-state index in [4.69, 9.17) is 0 Å². The SMILES string of the molecule is CNCC(=O)N1CCC[C@@H]1c1ncc(C#Cc2ccc(C#Cc3cnc(C4CCCN4C)[nH]3)c3c2CCC32CCCC2)[nH]1. The van der Waals surface area contributed by atoms with E-state index in [-0.39, 0.29) is 17.4 Å². The fourth-order valence-electron chi connectivity index (χ4n) is 8.04. The van der Waals surface area contributed by atoms with Crippen LogP contribution in [0.5, 0.6) is 0 Å². The Balaban J connectivity index is 1.16. The first-order valence-electron chi connectivity index (χ1n) is 16.0. The lowest BCUT2D eigenvalue weighted by Gasteiger charge is -2.25. The second-order valence-corrected chi connectivity index (χ2v) is 12.8. The molecular formula is C35H41N7O. The maximum Gasteiger partial charge on any atom is 0.237 e. The molecule has 0 radical (unpaired) electrons. The minimum Gasteiger partial charge on any atom is -0.334 e. The Morgan fingerprint density at radius 1 is 0.907 bits per heavy atom. The summed E-state index contributed by atoms with van der Waals surface area (Å²) >= 11 is 0. The molecule has 3 fully saturated rings. The smallest absolute Gasteiger partial charge is 0.237 e. The number of nitrogens with zero attached hydrogens (tertiary/aromatic N) is 4. The molecule has 8 nitrogen and oxygen atoms in total. The molecule has 1 spiro atoms. The standard InChI is InChI=1S/C35H41N7O/c1-36-23-31(43)42-20-6-8-30(42)34-38-22-26(40-34)13-11-24-9-10-25(32-28(24)15-18-35(32)16-3-4-17-35)12-14-27-21-37-33(39-27)29-7-5-19-41(29)2/h9-10,21-22,29-30,36H,3-8,15-20,23H2,1-2H3,(H,37,39)(H,38,40)/t29?,30-/m1/s1. The lowest BCUT2D eigenvalue weighted by Crippen LogP contribution is -2.37. The van der Waals surface area contributed by atoms with Crippen molar-refractivity contribution in [3.63, 3.8) is 0 Å².